The number of nitro groups is 1. The molecule has 9 nitrogen and oxygen atoms in total. The highest BCUT2D eigenvalue weighted by Crippen LogP contribution is 2.39. The lowest BCUT2D eigenvalue weighted by Crippen LogP contribution is -2.30. The van der Waals surface area contributed by atoms with E-state index in [9.17, 15) is 37.7 Å². The number of para-hydroxylation sites is 1. The van der Waals surface area contributed by atoms with Gasteiger partial charge in [0.05, 0.1) is 26.8 Å². The zero-order valence-electron chi connectivity index (χ0n) is 26.2. The number of hydrogen-bond acceptors (Lipinski definition) is 6. The SMILES string of the molecule is O=C(Nc1cccc(SC(C(=O)Nc2cc(C(F)(F)F)ccc2Cl)c2ccccc2)c1)/C(=C\c1ccccc1[N+](=O)[O-])NC(=O)c1ccccc1. The van der Waals surface area contributed by atoms with E-state index >= 15 is 0 Å². The number of alkyl halides is 3. The smallest absolute Gasteiger partial charge is 0.323 e. The Hall–Kier alpha value is -5.92. The number of benzene rings is 5. The largest absolute Gasteiger partial charge is 0.416 e. The van der Waals surface area contributed by atoms with E-state index in [1.807, 2.05) is 0 Å². The third-order valence-corrected chi connectivity index (χ3v) is 8.78. The lowest BCUT2D eigenvalue weighted by molar-refractivity contribution is -0.385. The van der Waals surface area contributed by atoms with Crippen molar-refractivity contribution in [3.63, 3.8) is 0 Å². The number of carbonyl (C=O) groups is 3. The van der Waals surface area contributed by atoms with Gasteiger partial charge in [-0.15, -0.1) is 11.8 Å². The van der Waals surface area contributed by atoms with Crippen LogP contribution < -0.4 is 16.0 Å². The molecule has 14 heteroatoms. The van der Waals surface area contributed by atoms with Crippen LogP contribution in [0, 0.1) is 10.1 Å². The number of thioether (sulfide) groups is 1. The molecule has 0 saturated heterocycles. The molecule has 51 heavy (non-hydrogen) atoms. The first-order valence-corrected chi connectivity index (χ1v) is 16.3. The summed E-state index contributed by atoms with van der Waals surface area (Å²) in [7, 11) is 0. The summed E-state index contributed by atoms with van der Waals surface area (Å²) < 4.78 is 40.2. The Morgan fingerprint density at radius 1 is 0.804 bits per heavy atom. The molecule has 0 bridgehead atoms. The molecule has 0 spiro atoms. The molecular weight excluding hydrogens is 705 g/mol. The summed E-state index contributed by atoms with van der Waals surface area (Å²) in [4.78, 5) is 51.8. The molecule has 1 atom stereocenters. The molecule has 0 aliphatic rings. The average Bonchev–Trinajstić information content (AvgIpc) is 3.11. The third-order valence-electron chi connectivity index (χ3n) is 7.20. The standard InChI is InChI=1S/C37H26ClF3N4O5S/c38-29-19-18-26(37(39,40)41)21-30(29)43-36(48)33(23-10-3-1-4-11-23)51-28-16-9-15-27(22-28)42-35(47)31(44-34(46)24-12-5-2-6-13-24)20-25-14-7-8-17-32(25)45(49)50/h1-22,33H,(H,42,47)(H,43,48)(H,44,46)/b31-20+. The molecule has 0 radical (unpaired) electrons. The molecule has 3 amide bonds. The molecule has 0 saturated carbocycles. The fourth-order valence-corrected chi connectivity index (χ4v) is 6.00. The van der Waals surface area contributed by atoms with Gasteiger partial charge in [-0.1, -0.05) is 78.3 Å². The molecule has 0 aromatic heterocycles. The Bertz CT molecular complexity index is 2110. The van der Waals surface area contributed by atoms with Crippen molar-refractivity contribution in [2.75, 3.05) is 10.6 Å². The molecule has 3 N–H and O–H groups in total. The minimum atomic E-state index is -4.66. The molecular formula is C37H26ClF3N4O5S. The van der Waals surface area contributed by atoms with Crippen molar-refractivity contribution in [3.8, 4) is 0 Å². The predicted molar refractivity (Wildman–Crippen MR) is 190 cm³/mol. The fraction of sp³-hybridized carbons (Fsp3) is 0.0541. The topological polar surface area (TPSA) is 130 Å². The van der Waals surface area contributed by atoms with Crippen LogP contribution in [0.4, 0.5) is 30.2 Å². The summed E-state index contributed by atoms with van der Waals surface area (Å²) in [5.41, 5.74) is -0.657. The van der Waals surface area contributed by atoms with Gasteiger partial charge in [0, 0.05) is 22.2 Å². The third kappa shape index (κ3) is 9.62. The van der Waals surface area contributed by atoms with Gasteiger partial charge in [-0.2, -0.15) is 13.2 Å². The average molecular weight is 731 g/mol. The zero-order chi connectivity index (χ0) is 36.5. The lowest BCUT2D eigenvalue weighted by atomic mass is 10.1. The second-order valence-corrected chi connectivity index (χ2v) is 12.4. The Kier molecular flexibility index (Phi) is 11.5. The quantitative estimate of drug-likeness (QED) is 0.0538. The van der Waals surface area contributed by atoms with E-state index in [0.717, 1.165) is 30.0 Å². The first-order chi connectivity index (χ1) is 24.4. The van der Waals surface area contributed by atoms with Gasteiger partial charge < -0.3 is 16.0 Å². The van der Waals surface area contributed by atoms with Gasteiger partial charge >= 0.3 is 6.18 Å². The highest BCUT2D eigenvalue weighted by Gasteiger charge is 2.32. The molecule has 5 aromatic carbocycles. The molecule has 0 aliphatic carbocycles. The minimum absolute atomic E-state index is 0.0721. The molecule has 5 aromatic rings. The van der Waals surface area contributed by atoms with Gasteiger partial charge in [0.1, 0.15) is 10.9 Å². The zero-order valence-corrected chi connectivity index (χ0v) is 27.8. The maximum Gasteiger partial charge on any atom is 0.416 e. The first kappa shape index (κ1) is 36.4. The number of nitrogens with zero attached hydrogens (tertiary/aromatic N) is 1. The summed E-state index contributed by atoms with van der Waals surface area (Å²) >= 11 is 7.21. The second kappa shape index (κ2) is 16.2. The number of nitrogens with one attached hydrogen (secondary N) is 3. The van der Waals surface area contributed by atoms with Crippen molar-refractivity contribution in [2.24, 2.45) is 0 Å². The maximum absolute atomic E-state index is 13.6. The molecule has 0 fully saturated rings. The number of hydrogen-bond donors (Lipinski definition) is 3. The van der Waals surface area contributed by atoms with Gasteiger partial charge in [0.2, 0.25) is 5.91 Å². The Labute approximate surface area is 298 Å². The molecule has 1 unspecified atom stereocenters. The molecule has 0 heterocycles. The number of carbonyl (C=O) groups excluding carboxylic acids is 3. The molecule has 5 rings (SSSR count). The van der Waals surface area contributed by atoms with Crippen LogP contribution in [0.15, 0.2) is 138 Å². The highest BCUT2D eigenvalue weighted by atomic mass is 35.5. The van der Waals surface area contributed by atoms with E-state index in [4.69, 9.17) is 11.6 Å². The highest BCUT2D eigenvalue weighted by molar-refractivity contribution is 8.00. The van der Waals surface area contributed by atoms with E-state index in [-0.39, 0.29) is 38.9 Å². The lowest BCUT2D eigenvalue weighted by Gasteiger charge is -2.19. The van der Waals surface area contributed by atoms with E-state index in [1.54, 1.807) is 78.9 Å². The summed E-state index contributed by atoms with van der Waals surface area (Å²) in [5.74, 6) is -2.08. The van der Waals surface area contributed by atoms with Crippen molar-refractivity contribution in [1.29, 1.82) is 0 Å². The number of anilines is 2. The second-order valence-electron chi connectivity index (χ2n) is 10.8. The Morgan fingerprint density at radius 3 is 2.16 bits per heavy atom. The predicted octanol–water partition coefficient (Wildman–Crippen LogP) is 9.15. The fourth-order valence-electron chi connectivity index (χ4n) is 4.75. The van der Waals surface area contributed by atoms with Crippen LogP contribution in [0.3, 0.4) is 0 Å². The van der Waals surface area contributed by atoms with Crippen LogP contribution in [0.25, 0.3) is 6.08 Å². The summed E-state index contributed by atoms with van der Waals surface area (Å²) in [6.45, 7) is 0. The summed E-state index contributed by atoms with van der Waals surface area (Å²) in [5, 5.41) is 18.4. The van der Waals surface area contributed by atoms with Gasteiger partial charge in [-0.25, -0.2) is 0 Å². The van der Waals surface area contributed by atoms with Gasteiger partial charge in [-0.3, -0.25) is 24.5 Å². The number of nitro benzene ring substituents is 1. The maximum atomic E-state index is 13.6. The van der Waals surface area contributed by atoms with Crippen LogP contribution in [-0.4, -0.2) is 22.6 Å². The molecule has 258 valence electrons. The van der Waals surface area contributed by atoms with Gasteiger partial charge in [0.15, 0.2) is 0 Å². The number of halogens is 4. The van der Waals surface area contributed by atoms with Crippen LogP contribution in [0.1, 0.15) is 32.3 Å². The van der Waals surface area contributed by atoms with Crippen molar-refractivity contribution >= 4 is 64.2 Å². The Balaban J connectivity index is 1.42. The number of rotatable bonds is 11. The van der Waals surface area contributed by atoms with Crippen molar-refractivity contribution < 1.29 is 32.5 Å². The van der Waals surface area contributed by atoms with Crippen LogP contribution in [0.2, 0.25) is 5.02 Å². The molecule has 0 aliphatic heterocycles. The monoisotopic (exact) mass is 730 g/mol. The Morgan fingerprint density at radius 2 is 1.47 bits per heavy atom. The van der Waals surface area contributed by atoms with E-state index in [0.29, 0.717) is 10.5 Å². The van der Waals surface area contributed by atoms with Crippen molar-refractivity contribution in [2.45, 2.75) is 16.3 Å². The first-order valence-electron chi connectivity index (χ1n) is 15.0. The van der Waals surface area contributed by atoms with Gasteiger partial charge in [-0.05, 0) is 66.2 Å². The van der Waals surface area contributed by atoms with E-state index in [1.165, 1.54) is 36.4 Å². The van der Waals surface area contributed by atoms with Crippen molar-refractivity contribution in [3.05, 3.63) is 170 Å². The van der Waals surface area contributed by atoms with Crippen LogP contribution in [-0.2, 0) is 15.8 Å². The summed E-state index contributed by atoms with van der Waals surface area (Å²) in [6.07, 6.45) is -3.46. The minimum Gasteiger partial charge on any atom is -0.323 e. The van der Waals surface area contributed by atoms with Crippen molar-refractivity contribution in [1.82, 2.24) is 5.32 Å². The number of amides is 3. The van der Waals surface area contributed by atoms with Gasteiger partial charge in [0.25, 0.3) is 17.5 Å². The summed E-state index contributed by atoms with van der Waals surface area (Å²) in [6, 6.07) is 31.3. The van der Waals surface area contributed by atoms with E-state index < -0.39 is 39.6 Å². The van der Waals surface area contributed by atoms with Crippen LogP contribution in [0.5, 0.6) is 0 Å². The normalized spacial score (nSPS) is 12.0. The van der Waals surface area contributed by atoms with E-state index in [2.05, 4.69) is 16.0 Å². The van der Waals surface area contributed by atoms with Crippen LogP contribution >= 0.6 is 23.4 Å².